The van der Waals surface area contributed by atoms with Crippen LogP contribution in [0.5, 0.6) is 0 Å². The lowest BCUT2D eigenvalue weighted by Gasteiger charge is -2.36. The molecule has 0 saturated carbocycles. The largest absolute Gasteiger partial charge is 0.415 e. The van der Waals surface area contributed by atoms with Gasteiger partial charge in [0.05, 0.1) is 6.04 Å². The minimum Gasteiger partial charge on any atom is -0.415 e. The van der Waals surface area contributed by atoms with E-state index in [0.29, 0.717) is 18.8 Å². The lowest BCUT2D eigenvalue weighted by molar-refractivity contribution is -0.135. The Kier molecular flexibility index (Phi) is 5.69. The molecule has 0 aromatic heterocycles. The molecule has 2 aliphatic heterocycles. The first-order valence-corrected chi connectivity index (χ1v) is 8.32. The predicted molar refractivity (Wildman–Crippen MR) is 97.3 cm³/mol. The van der Waals surface area contributed by atoms with Crippen LogP contribution in [0.3, 0.4) is 0 Å². The number of imide groups is 1. The Balaban J connectivity index is 2.40. The fourth-order valence-corrected chi connectivity index (χ4v) is 3.32. The topological polar surface area (TPSA) is 49.4 Å². The van der Waals surface area contributed by atoms with Crippen molar-refractivity contribution in [2.45, 2.75) is 39.2 Å². The van der Waals surface area contributed by atoms with Crippen LogP contribution in [0, 0.1) is 5.92 Å². The Bertz CT molecular complexity index is 595. The molecule has 1 saturated heterocycles. The molecular weight excluding hydrogens is 286 g/mol. The van der Waals surface area contributed by atoms with Gasteiger partial charge in [-0.3, -0.25) is 14.9 Å². The summed E-state index contributed by atoms with van der Waals surface area (Å²) in [5.41, 5.74) is 3.46. The fraction of sp³-hybridized carbons (Fsp3) is 0.412. The van der Waals surface area contributed by atoms with Crippen molar-refractivity contribution < 1.29 is 9.59 Å². The molecule has 6 heteroatoms. The molecule has 2 rings (SSSR count). The van der Waals surface area contributed by atoms with Crippen LogP contribution in [0.4, 0.5) is 0 Å². The number of allylic oxidation sites excluding steroid dienone is 5. The van der Waals surface area contributed by atoms with Crippen LogP contribution in [-0.4, -0.2) is 37.1 Å². The number of carbonyl (C=O) groups is 2. The third-order valence-electron chi connectivity index (χ3n) is 4.76. The van der Waals surface area contributed by atoms with E-state index in [1.807, 2.05) is 12.2 Å². The van der Waals surface area contributed by atoms with E-state index in [-0.39, 0.29) is 17.9 Å². The molecule has 1 N–H and O–H groups in total. The van der Waals surface area contributed by atoms with E-state index in [4.69, 9.17) is 0 Å². The Morgan fingerprint density at radius 3 is 2.78 bits per heavy atom. The summed E-state index contributed by atoms with van der Waals surface area (Å²) in [5, 5.41) is 2.47. The third-order valence-corrected chi connectivity index (χ3v) is 4.76. The molecule has 2 amide bonds. The zero-order valence-electron chi connectivity index (χ0n) is 14.1. The van der Waals surface area contributed by atoms with E-state index in [0.717, 1.165) is 26.6 Å². The van der Waals surface area contributed by atoms with E-state index in [1.54, 1.807) is 6.08 Å². The third kappa shape index (κ3) is 3.52. The molecule has 2 aliphatic rings. The molecule has 2 heterocycles. The number of piperidine rings is 1. The number of amides is 2. The second-order valence-corrected chi connectivity index (χ2v) is 6.16. The summed E-state index contributed by atoms with van der Waals surface area (Å²) in [5.74, 6) is 0.00158. The molecule has 0 bridgehead atoms. The molecule has 0 spiro atoms. The Hall–Kier alpha value is -1.97. The summed E-state index contributed by atoms with van der Waals surface area (Å²) in [4.78, 5) is 25.9. The highest BCUT2D eigenvalue weighted by Gasteiger charge is 2.37. The first-order chi connectivity index (χ1) is 11.0. The van der Waals surface area contributed by atoms with E-state index in [2.05, 4.69) is 37.1 Å². The molecule has 23 heavy (non-hydrogen) atoms. The molecule has 4 nitrogen and oxygen atoms in total. The van der Waals surface area contributed by atoms with Crippen LogP contribution in [0.1, 0.15) is 33.1 Å². The number of nitrogens with one attached hydrogen (secondary N) is 1. The van der Waals surface area contributed by atoms with Crippen molar-refractivity contribution in [3.05, 3.63) is 48.1 Å². The minimum absolute atomic E-state index is 0.177. The van der Waals surface area contributed by atoms with Crippen molar-refractivity contribution in [1.82, 2.24) is 10.1 Å². The Labute approximate surface area is 139 Å². The number of nitrogens with zero attached hydrogens (tertiary/aromatic N) is 1. The zero-order valence-corrected chi connectivity index (χ0v) is 14.1. The van der Waals surface area contributed by atoms with Crippen LogP contribution in [0.2, 0.25) is 0 Å². The van der Waals surface area contributed by atoms with Gasteiger partial charge in [-0.15, -0.1) is 0 Å². The molecule has 1 fully saturated rings. The van der Waals surface area contributed by atoms with Crippen LogP contribution in [0.25, 0.3) is 0 Å². The Morgan fingerprint density at radius 1 is 1.48 bits per heavy atom. The summed E-state index contributed by atoms with van der Waals surface area (Å²) in [7, 11) is 1.66. The van der Waals surface area contributed by atoms with Crippen LogP contribution in [-0.2, 0) is 9.59 Å². The monoisotopic (exact) mass is 310 g/mol. The molecule has 2 atom stereocenters. The van der Waals surface area contributed by atoms with Gasteiger partial charge in [0.15, 0.2) is 7.17 Å². The van der Waals surface area contributed by atoms with Crippen LogP contribution >= 0.6 is 0 Å². The second-order valence-electron chi connectivity index (χ2n) is 6.16. The zero-order chi connectivity index (χ0) is 17.0. The normalized spacial score (nSPS) is 23.1. The lowest BCUT2D eigenvalue weighted by Crippen LogP contribution is -2.52. The maximum Gasteiger partial charge on any atom is 0.248 e. The van der Waals surface area contributed by atoms with Gasteiger partial charge in [-0.1, -0.05) is 50.7 Å². The van der Waals surface area contributed by atoms with Crippen LogP contribution < -0.4 is 5.32 Å². The smallest absolute Gasteiger partial charge is 0.248 e. The van der Waals surface area contributed by atoms with Crippen molar-refractivity contribution in [3.63, 3.8) is 0 Å². The summed E-state index contributed by atoms with van der Waals surface area (Å²) in [6, 6.07) is -0.280. The van der Waals surface area contributed by atoms with Gasteiger partial charge in [-0.05, 0) is 24.3 Å². The summed E-state index contributed by atoms with van der Waals surface area (Å²) in [6.07, 6.45) is 7.71. The second kappa shape index (κ2) is 7.53. The molecule has 0 radical (unpaired) electrons. The Morgan fingerprint density at radius 2 is 2.22 bits per heavy atom. The number of hydrogen-bond acceptors (Lipinski definition) is 3. The average Bonchev–Trinajstić information content (AvgIpc) is 2.95. The van der Waals surface area contributed by atoms with E-state index in [9.17, 15) is 9.59 Å². The maximum atomic E-state index is 12.3. The fourth-order valence-electron chi connectivity index (χ4n) is 3.32. The van der Waals surface area contributed by atoms with Gasteiger partial charge in [0.25, 0.3) is 0 Å². The maximum absolute atomic E-state index is 12.3. The van der Waals surface area contributed by atoms with Crippen LogP contribution in [0.15, 0.2) is 48.1 Å². The van der Waals surface area contributed by atoms with Crippen molar-refractivity contribution in [2.75, 3.05) is 0 Å². The average molecular weight is 310 g/mol. The summed E-state index contributed by atoms with van der Waals surface area (Å²) < 4.78 is 0. The van der Waals surface area contributed by atoms with Gasteiger partial charge < -0.3 is 4.81 Å². The van der Waals surface area contributed by atoms with E-state index >= 15 is 0 Å². The van der Waals surface area contributed by atoms with E-state index in [1.165, 1.54) is 11.0 Å². The van der Waals surface area contributed by atoms with Crippen molar-refractivity contribution in [3.8, 4) is 0 Å². The van der Waals surface area contributed by atoms with Crippen molar-refractivity contribution >= 4 is 26.3 Å². The number of hydrogen-bond donors (Lipinski definition) is 1. The first-order valence-electron chi connectivity index (χ1n) is 8.32. The molecule has 0 aromatic rings. The SMILES string of the molecule is C=C/C=C(\C1=C(C=C)BBN1C1CCC(=O)NC1=O)C(C)CC. The standard InChI is InChI=1S/C17H24B2N2O2/c1-5-8-12(11(4)6-2)16-13(7-3)18-19-21(16)14-9-10-15(22)20-17(14)23/h5,7-8,11,14,18-19H,1,3,6,9-10H2,2,4H3,(H,20,22,23)/b12-8-. The summed E-state index contributed by atoms with van der Waals surface area (Å²) in [6.45, 7) is 12.1. The molecular formula is C17H24B2N2O2. The lowest BCUT2D eigenvalue weighted by atomic mass is 9.44. The van der Waals surface area contributed by atoms with Gasteiger partial charge in [-0.2, -0.15) is 0 Å². The highest BCUT2D eigenvalue weighted by molar-refractivity contribution is 7.04. The van der Waals surface area contributed by atoms with Crippen molar-refractivity contribution in [1.29, 1.82) is 0 Å². The van der Waals surface area contributed by atoms with Gasteiger partial charge in [0.1, 0.15) is 0 Å². The highest BCUT2D eigenvalue weighted by atomic mass is 16.2. The van der Waals surface area contributed by atoms with E-state index < -0.39 is 0 Å². The molecule has 2 unspecified atom stereocenters. The van der Waals surface area contributed by atoms with Gasteiger partial charge in [0, 0.05) is 12.1 Å². The minimum atomic E-state index is -0.280. The quantitative estimate of drug-likeness (QED) is 0.458. The first kappa shape index (κ1) is 17.4. The molecule has 0 aliphatic carbocycles. The highest BCUT2D eigenvalue weighted by Crippen LogP contribution is 2.33. The van der Waals surface area contributed by atoms with Gasteiger partial charge in [-0.25, -0.2) is 0 Å². The number of carbonyl (C=O) groups excluding carboxylic acids is 2. The predicted octanol–water partition coefficient (Wildman–Crippen LogP) is 1.37. The summed E-state index contributed by atoms with van der Waals surface area (Å²) >= 11 is 0. The molecule has 0 aromatic carbocycles. The molecule has 120 valence electrons. The van der Waals surface area contributed by atoms with Gasteiger partial charge >= 0.3 is 0 Å². The van der Waals surface area contributed by atoms with Crippen molar-refractivity contribution in [2.24, 2.45) is 5.92 Å². The number of rotatable bonds is 6. The van der Waals surface area contributed by atoms with Gasteiger partial charge in [0.2, 0.25) is 19.1 Å².